The van der Waals surface area contributed by atoms with Crippen molar-refractivity contribution in [2.24, 2.45) is 0 Å². The van der Waals surface area contributed by atoms with Gasteiger partial charge < -0.3 is 19.2 Å². The monoisotopic (exact) mass is 505 g/mol. The Morgan fingerprint density at radius 2 is 1.66 bits per heavy atom. The Labute approximate surface area is 222 Å². The van der Waals surface area contributed by atoms with Crippen LogP contribution in [0.3, 0.4) is 0 Å². The molecular formula is C32H31N3O3. The van der Waals surface area contributed by atoms with Crippen molar-refractivity contribution in [2.45, 2.75) is 31.9 Å². The van der Waals surface area contributed by atoms with Crippen molar-refractivity contribution < 1.29 is 14.3 Å². The first-order valence-corrected chi connectivity index (χ1v) is 12.7. The summed E-state index contributed by atoms with van der Waals surface area (Å²) < 4.78 is 13.6. The molecule has 6 heteroatoms. The topological polar surface area (TPSA) is 64.9 Å². The number of hydrogen-bond acceptors (Lipinski definition) is 4. The van der Waals surface area contributed by atoms with E-state index in [0.29, 0.717) is 18.0 Å². The maximum atomic E-state index is 13.3. The molecule has 0 aliphatic heterocycles. The van der Waals surface area contributed by atoms with Gasteiger partial charge in [0.05, 0.1) is 18.8 Å². The minimum absolute atomic E-state index is 0.0411. The Morgan fingerprint density at radius 3 is 2.42 bits per heavy atom. The molecule has 0 fully saturated rings. The molecule has 192 valence electrons. The van der Waals surface area contributed by atoms with E-state index in [1.165, 1.54) is 0 Å². The SMILES string of the molecule is COc1cccc(C(CC(=O)NC(C)c2ccccc2)c2cnc3c(OCc4ccccc4)cccn23)c1. The summed E-state index contributed by atoms with van der Waals surface area (Å²) in [6.45, 7) is 2.44. The molecule has 1 amide bonds. The number of carbonyl (C=O) groups is 1. The van der Waals surface area contributed by atoms with Crippen LogP contribution in [0, 0.1) is 0 Å². The Bertz CT molecular complexity index is 1500. The zero-order valence-corrected chi connectivity index (χ0v) is 21.6. The van der Waals surface area contributed by atoms with Crippen molar-refractivity contribution in [2.75, 3.05) is 7.11 Å². The standard InChI is InChI=1S/C32H31N3O3/c1-23(25-13-7-4-8-14-25)34-31(36)20-28(26-15-9-16-27(19-26)37-2)29-21-33-32-30(17-10-18-35(29)32)38-22-24-11-5-3-6-12-24/h3-19,21,23,28H,20,22H2,1-2H3,(H,34,36). The lowest BCUT2D eigenvalue weighted by atomic mass is 9.92. The van der Waals surface area contributed by atoms with E-state index in [9.17, 15) is 4.79 Å². The van der Waals surface area contributed by atoms with Crippen molar-refractivity contribution >= 4 is 11.6 Å². The van der Waals surface area contributed by atoms with Gasteiger partial charge in [-0.1, -0.05) is 72.8 Å². The zero-order chi connectivity index (χ0) is 26.3. The molecule has 2 aromatic heterocycles. The molecule has 6 nitrogen and oxygen atoms in total. The van der Waals surface area contributed by atoms with Gasteiger partial charge in [0.15, 0.2) is 11.4 Å². The second-order valence-electron chi connectivity index (χ2n) is 9.26. The highest BCUT2D eigenvalue weighted by atomic mass is 16.5. The molecule has 0 radical (unpaired) electrons. The maximum Gasteiger partial charge on any atom is 0.221 e. The lowest BCUT2D eigenvalue weighted by Crippen LogP contribution is -2.28. The summed E-state index contributed by atoms with van der Waals surface area (Å²) in [4.78, 5) is 18.0. The second-order valence-corrected chi connectivity index (χ2v) is 9.26. The number of fused-ring (bicyclic) bond motifs is 1. The minimum atomic E-state index is -0.243. The molecule has 2 unspecified atom stereocenters. The zero-order valence-electron chi connectivity index (χ0n) is 21.6. The second kappa shape index (κ2) is 11.6. The third kappa shape index (κ3) is 5.70. The van der Waals surface area contributed by atoms with E-state index in [1.54, 1.807) is 7.11 Å². The molecule has 3 aromatic carbocycles. The van der Waals surface area contributed by atoms with Crippen molar-refractivity contribution in [1.29, 1.82) is 0 Å². The minimum Gasteiger partial charge on any atom is -0.497 e. The van der Waals surface area contributed by atoms with Crippen molar-refractivity contribution in [3.05, 3.63) is 132 Å². The predicted octanol–water partition coefficient (Wildman–Crippen LogP) is 6.32. The van der Waals surface area contributed by atoms with Gasteiger partial charge in [0.25, 0.3) is 0 Å². The fourth-order valence-corrected chi connectivity index (χ4v) is 4.67. The van der Waals surface area contributed by atoms with Gasteiger partial charge in [0.1, 0.15) is 12.4 Å². The van der Waals surface area contributed by atoms with Gasteiger partial charge in [-0.15, -0.1) is 0 Å². The molecule has 0 saturated carbocycles. The Balaban J connectivity index is 1.45. The number of hydrogen-bond donors (Lipinski definition) is 1. The highest BCUT2D eigenvalue weighted by Crippen LogP contribution is 2.33. The van der Waals surface area contributed by atoms with Gasteiger partial charge in [-0.2, -0.15) is 0 Å². The van der Waals surface area contributed by atoms with Crippen LogP contribution in [0.15, 0.2) is 109 Å². The lowest BCUT2D eigenvalue weighted by molar-refractivity contribution is -0.122. The van der Waals surface area contributed by atoms with E-state index in [2.05, 4.69) is 5.32 Å². The van der Waals surface area contributed by atoms with E-state index in [-0.39, 0.29) is 24.3 Å². The quantitative estimate of drug-likeness (QED) is 0.241. The summed E-state index contributed by atoms with van der Waals surface area (Å²) in [5.41, 5.74) is 4.74. The van der Waals surface area contributed by atoms with Gasteiger partial charge in [-0.3, -0.25) is 4.79 Å². The third-order valence-electron chi connectivity index (χ3n) is 6.69. The molecule has 0 bridgehead atoms. The maximum absolute atomic E-state index is 13.3. The Hall–Kier alpha value is -4.58. The van der Waals surface area contributed by atoms with Gasteiger partial charge >= 0.3 is 0 Å². The van der Waals surface area contributed by atoms with Crippen LogP contribution in [-0.2, 0) is 11.4 Å². The lowest BCUT2D eigenvalue weighted by Gasteiger charge is -2.20. The average molecular weight is 506 g/mol. The molecule has 1 N–H and O–H groups in total. The first-order valence-electron chi connectivity index (χ1n) is 12.7. The smallest absolute Gasteiger partial charge is 0.221 e. The number of benzene rings is 3. The largest absolute Gasteiger partial charge is 0.497 e. The highest BCUT2D eigenvalue weighted by molar-refractivity contribution is 5.78. The Morgan fingerprint density at radius 1 is 0.921 bits per heavy atom. The van der Waals surface area contributed by atoms with E-state index in [0.717, 1.165) is 28.1 Å². The van der Waals surface area contributed by atoms with Crippen LogP contribution in [0.1, 0.15) is 47.7 Å². The van der Waals surface area contributed by atoms with Gasteiger partial charge in [0.2, 0.25) is 5.91 Å². The Kier molecular flexibility index (Phi) is 7.69. The van der Waals surface area contributed by atoms with Gasteiger partial charge in [0, 0.05) is 24.7 Å². The molecular weight excluding hydrogens is 474 g/mol. The molecule has 38 heavy (non-hydrogen) atoms. The van der Waals surface area contributed by atoms with E-state index >= 15 is 0 Å². The summed E-state index contributed by atoms with van der Waals surface area (Å²) in [6, 6.07) is 31.6. The number of imidazole rings is 1. The molecule has 2 atom stereocenters. The van der Waals surface area contributed by atoms with Gasteiger partial charge in [-0.05, 0) is 47.9 Å². The molecule has 0 aliphatic carbocycles. The van der Waals surface area contributed by atoms with Crippen molar-refractivity contribution in [1.82, 2.24) is 14.7 Å². The fourth-order valence-electron chi connectivity index (χ4n) is 4.67. The van der Waals surface area contributed by atoms with Crippen LogP contribution in [0.25, 0.3) is 5.65 Å². The van der Waals surface area contributed by atoms with E-state index in [4.69, 9.17) is 14.5 Å². The summed E-state index contributed by atoms with van der Waals surface area (Å²) in [6.07, 6.45) is 4.06. The summed E-state index contributed by atoms with van der Waals surface area (Å²) >= 11 is 0. The van der Waals surface area contributed by atoms with Crippen LogP contribution < -0.4 is 14.8 Å². The first kappa shape index (κ1) is 25.1. The highest BCUT2D eigenvalue weighted by Gasteiger charge is 2.24. The van der Waals surface area contributed by atoms with E-state index in [1.807, 2.05) is 121 Å². The summed E-state index contributed by atoms with van der Waals surface area (Å²) in [7, 11) is 1.65. The average Bonchev–Trinajstić information content (AvgIpc) is 3.40. The van der Waals surface area contributed by atoms with Crippen LogP contribution >= 0.6 is 0 Å². The van der Waals surface area contributed by atoms with Crippen molar-refractivity contribution in [3.8, 4) is 11.5 Å². The molecule has 0 aliphatic rings. The molecule has 0 saturated heterocycles. The molecule has 0 spiro atoms. The molecule has 5 rings (SSSR count). The van der Waals surface area contributed by atoms with E-state index < -0.39 is 0 Å². The number of rotatable bonds is 10. The molecule has 5 aromatic rings. The predicted molar refractivity (Wildman–Crippen MR) is 148 cm³/mol. The number of methoxy groups -OCH3 is 1. The number of amides is 1. The number of ether oxygens (including phenoxy) is 2. The molecule has 2 heterocycles. The third-order valence-corrected chi connectivity index (χ3v) is 6.69. The normalized spacial score (nSPS) is 12.6. The van der Waals surface area contributed by atoms with Gasteiger partial charge in [-0.25, -0.2) is 4.98 Å². The van der Waals surface area contributed by atoms with Crippen LogP contribution in [-0.4, -0.2) is 22.4 Å². The summed E-state index contributed by atoms with van der Waals surface area (Å²) in [5, 5.41) is 3.16. The number of nitrogens with zero attached hydrogens (tertiary/aromatic N) is 2. The number of nitrogens with one attached hydrogen (secondary N) is 1. The van der Waals surface area contributed by atoms with Crippen LogP contribution in [0.5, 0.6) is 11.5 Å². The fraction of sp³-hybridized carbons (Fsp3) is 0.188. The first-order chi connectivity index (χ1) is 18.6. The van der Waals surface area contributed by atoms with Crippen LogP contribution in [0.4, 0.5) is 0 Å². The number of aromatic nitrogens is 2. The number of carbonyl (C=O) groups excluding carboxylic acids is 1. The summed E-state index contributed by atoms with van der Waals surface area (Å²) in [5.74, 6) is 1.15. The number of pyridine rings is 1. The van der Waals surface area contributed by atoms with Crippen molar-refractivity contribution in [3.63, 3.8) is 0 Å². The van der Waals surface area contributed by atoms with Crippen LogP contribution in [0.2, 0.25) is 0 Å².